The summed E-state index contributed by atoms with van der Waals surface area (Å²) in [5, 5.41) is 21.2. The molecule has 0 amide bonds. The molecule has 0 aliphatic carbocycles. The Morgan fingerprint density at radius 3 is 2.29 bits per heavy atom. The molecule has 0 unspecified atom stereocenters. The molecule has 0 radical (unpaired) electrons. The molecule has 0 spiro atoms. The second-order valence-corrected chi connectivity index (χ2v) is 3.48. The van der Waals surface area contributed by atoms with Crippen molar-refractivity contribution in [3.05, 3.63) is 28.8 Å². The molecule has 0 atom stereocenters. The second kappa shape index (κ2) is 4.98. The molecular weight excluding hydrogens is 178 g/mol. The highest BCUT2D eigenvalue weighted by Gasteiger charge is 2.02. The lowest BCUT2D eigenvalue weighted by atomic mass is 10.1. The largest absolute Gasteiger partial charge is 0.507 e. The molecule has 3 heteroatoms. The fraction of sp³-hybridized carbons (Fsp3) is 0.455. The van der Waals surface area contributed by atoms with Crippen LogP contribution in [0.1, 0.15) is 16.7 Å². The molecule has 0 aliphatic rings. The Labute approximate surface area is 84.4 Å². The highest BCUT2D eigenvalue weighted by atomic mass is 16.3. The first-order valence-corrected chi connectivity index (χ1v) is 4.76. The fourth-order valence-electron chi connectivity index (χ4n) is 1.46. The van der Waals surface area contributed by atoms with Crippen molar-refractivity contribution in [2.24, 2.45) is 0 Å². The Kier molecular flexibility index (Phi) is 3.92. The van der Waals surface area contributed by atoms with E-state index in [0.717, 1.165) is 23.2 Å². The quantitative estimate of drug-likeness (QED) is 0.630. The molecule has 0 bridgehead atoms. The molecule has 0 saturated carbocycles. The SMILES string of the molecule is Cc1cc(CNCCO)cc(C)c1O. The molecule has 78 valence electrons. The summed E-state index contributed by atoms with van der Waals surface area (Å²) in [5.41, 5.74) is 2.92. The van der Waals surface area contributed by atoms with E-state index in [9.17, 15) is 5.11 Å². The Hall–Kier alpha value is -1.06. The second-order valence-electron chi connectivity index (χ2n) is 3.48. The highest BCUT2D eigenvalue weighted by molar-refractivity contribution is 5.42. The van der Waals surface area contributed by atoms with Crippen molar-refractivity contribution in [3.63, 3.8) is 0 Å². The smallest absolute Gasteiger partial charge is 0.121 e. The summed E-state index contributed by atoms with van der Waals surface area (Å²) < 4.78 is 0. The molecule has 3 nitrogen and oxygen atoms in total. The van der Waals surface area contributed by atoms with E-state index in [1.165, 1.54) is 0 Å². The maximum absolute atomic E-state index is 9.54. The van der Waals surface area contributed by atoms with Gasteiger partial charge < -0.3 is 15.5 Å². The van der Waals surface area contributed by atoms with Crippen molar-refractivity contribution < 1.29 is 10.2 Å². The third-order valence-corrected chi connectivity index (χ3v) is 2.17. The van der Waals surface area contributed by atoms with Crippen LogP contribution in [0.4, 0.5) is 0 Å². The van der Waals surface area contributed by atoms with E-state index >= 15 is 0 Å². The van der Waals surface area contributed by atoms with Crippen LogP contribution >= 0.6 is 0 Å². The topological polar surface area (TPSA) is 52.5 Å². The van der Waals surface area contributed by atoms with E-state index in [2.05, 4.69) is 5.32 Å². The van der Waals surface area contributed by atoms with Crippen LogP contribution in [0.25, 0.3) is 0 Å². The van der Waals surface area contributed by atoms with E-state index in [-0.39, 0.29) is 6.61 Å². The number of phenolic OH excluding ortho intramolecular Hbond substituents is 1. The van der Waals surface area contributed by atoms with Crippen LogP contribution in [0, 0.1) is 13.8 Å². The first kappa shape index (κ1) is 11.0. The summed E-state index contributed by atoms with van der Waals surface area (Å²) in [4.78, 5) is 0. The van der Waals surface area contributed by atoms with Crippen LogP contribution in [0.15, 0.2) is 12.1 Å². The molecule has 0 saturated heterocycles. The number of hydrogen-bond donors (Lipinski definition) is 3. The number of nitrogens with one attached hydrogen (secondary N) is 1. The molecule has 0 aliphatic heterocycles. The summed E-state index contributed by atoms with van der Waals surface area (Å²) in [6.45, 7) is 5.24. The number of aryl methyl sites for hydroxylation is 2. The zero-order valence-corrected chi connectivity index (χ0v) is 8.67. The lowest BCUT2D eigenvalue weighted by molar-refractivity contribution is 0.292. The van der Waals surface area contributed by atoms with Crippen molar-refractivity contribution in [1.82, 2.24) is 5.32 Å². The van der Waals surface area contributed by atoms with Crippen LogP contribution in [-0.2, 0) is 6.54 Å². The lowest BCUT2D eigenvalue weighted by Gasteiger charge is -2.08. The summed E-state index contributed by atoms with van der Waals surface area (Å²) in [7, 11) is 0. The highest BCUT2D eigenvalue weighted by Crippen LogP contribution is 2.22. The molecule has 0 fully saturated rings. The van der Waals surface area contributed by atoms with Crippen molar-refractivity contribution in [1.29, 1.82) is 0 Å². The molecule has 1 aromatic carbocycles. The maximum atomic E-state index is 9.54. The first-order chi connectivity index (χ1) is 6.65. The Bertz CT molecular complexity index is 287. The number of hydrogen-bond acceptors (Lipinski definition) is 3. The Balaban J connectivity index is 2.69. The average molecular weight is 195 g/mol. The zero-order chi connectivity index (χ0) is 10.6. The summed E-state index contributed by atoms with van der Waals surface area (Å²) in [5.74, 6) is 0.371. The van der Waals surface area contributed by atoms with Crippen LogP contribution < -0.4 is 5.32 Å². The van der Waals surface area contributed by atoms with Crippen LogP contribution in [-0.4, -0.2) is 23.4 Å². The van der Waals surface area contributed by atoms with Crippen molar-refractivity contribution in [3.8, 4) is 5.75 Å². The molecule has 3 N–H and O–H groups in total. The van der Waals surface area contributed by atoms with Crippen molar-refractivity contribution in [2.45, 2.75) is 20.4 Å². The fourth-order valence-corrected chi connectivity index (χ4v) is 1.46. The van der Waals surface area contributed by atoms with E-state index < -0.39 is 0 Å². The zero-order valence-electron chi connectivity index (χ0n) is 8.67. The van der Waals surface area contributed by atoms with Crippen LogP contribution in [0.3, 0.4) is 0 Å². The number of phenols is 1. The Morgan fingerprint density at radius 2 is 1.79 bits per heavy atom. The summed E-state index contributed by atoms with van der Waals surface area (Å²) in [6.07, 6.45) is 0. The van der Waals surface area contributed by atoms with Gasteiger partial charge in [-0.15, -0.1) is 0 Å². The lowest BCUT2D eigenvalue weighted by Crippen LogP contribution is -2.17. The van der Waals surface area contributed by atoms with Gasteiger partial charge in [-0.05, 0) is 30.5 Å². The van der Waals surface area contributed by atoms with E-state index in [1.54, 1.807) is 0 Å². The third kappa shape index (κ3) is 2.72. The van der Waals surface area contributed by atoms with Gasteiger partial charge in [-0.2, -0.15) is 0 Å². The van der Waals surface area contributed by atoms with Crippen molar-refractivity contribution in [2.75, 3.05) is 13.2 Å². The van der Waals surface area contributed by atoms with E-state index in [0.29, 0.717) is 12.3 Å². The standard InChI is InChI=1S/C11H17NO2/c1-8-5-10(7-12-3-4-13)6-9(2)11(8)14/h5-6,12-14H,3-4,7H2,1-2H3. The normalized spacial score (nSPS) is 10.5. The van der Waals surface area contributed by atoms with Gasteiger partial charge in [-0.25, -0.2) is 0 Å². The van der Waals surface area contributed by atoms with Gasteiger partial charge in [-0.3, -0.25) is 0 Å². The summed E-state index contributed by atoms with van der Waals surface area (Å²) >= 11 is 0. The van der Waals surface area contributed by atoms with Gasteiger partial charge in [0, 0.05) is 13.1 Å². The van der Waals surface area contributed by atoms with Crippen LogP contribution in [0.2, 0.25) is 0 Å². The van der Waals surface area contributed by atoms with Gasteiger partial charge in [0.05, 0.1) is 6.61 Å². The van der Waals surface area contributed by atoms with Gasteiger partial charge in [-0.1, -0.05) is 12.1 Å². The molecular formula is C11H17NO2. The monoisotopic (exact) mass is 195 g/mol. The summed E-state index contributed by atoms with van der Waals surface area (Å²) in [6, 6.07) is 3.90. The first-order valence-electron chi connectivity index (χ1n) is 4.76. The average Bonchev–Trinajstić information content (AvgIpc) is 2.14. The molecule has 1 rings (SSSR count). The number of aromatic hydroxyl groups is 1. The third-order valence-electron chi connectivity index (χ3n) is 2.17. The van der Waals surface area contributed by atoms with Gasteiger partial charge in [0.2, 0.25) is 0 Å². The predicted octanol–water partition coefficient (Wildman–Crippen LogP) is 1.09. The molecule has 14 heavy (non-hydrogen) atoms. The number of rotatable bonds is 4. The predicted molar refractivity (Wildman–Crippen MR) is 56.4 cm³/mol. The van der Waals surface area contributed by atoms with E-state index in [4.69, 9.17) is 5.11 Å². The molecule has 0 aromatic heterocycles. The van der Waals surface area contributed by atoms with Crippen LogP contribution in [0.5, 0.6) is 5.75 Å². The van der Waals surface area contributed by atoms with Gasteiger partial charge in [0.15, 0.2) is 0 Å². The molecule has 1 aromatic rings. The van der Waals surface area contributed by atoms with E-state index in [1.807, 2.05) is 26.0 Å². The minimum atomic E-state index is 0.149. The minimum Gasteiger partial charge on any atom is -0.507 e. The molecule has 0 heterocycles. The maximum Gasteiger partial charge on any atom is 0.121 e. The number of aliphatic hydroxyl groups excluding tert-OH is 1. The van der Waals surface area contributed by atoms with Gasteiger partial charge in [0.25, 0.3) is 0 Å². The Morgan fingerprint density at radius 1 is 1.21 bits per heavy atom. The van der Waals surface area contributed by atoms with Crippen molar-refractivity contribution >= 4 is 0 Å². The van der Waals surface area contributed by atoms with Gasteiger partial charge >= 0.3 is 0 Å². The number of benzene rings is 1. The number of aliphatic hydroxyl groups is 1. The minimum absolute atomic E-state index is 0.149. The van der Waals surface area contributed by atoms with Gasteiger partial charge in [0.1, 0.15) is 5.75 Å².